The molecule has 15 heavy (non-hydrogen) atoms. The van der Waals surface area contributed by atoms with Gasteiger partial charge in [-0.05, 0) is 30.4 Å². The molecule has 0 radical (unpaired) electrons. The van der Waals surface area contributed by atoms with Gasteiger partial charge in [-0.15, -0.1) is 11.3 Å². The average Bonchev–Trinajstić information content (AvgIpc) is 2.77. The van der Waals surface area contributed by atoms with Gasteiger partial charge in [0.2, 0.25) is 0 Å². The molecule has 0 atom stereocenters. The first-order valence-electron chi connectivity index (χ1n) is 5.20. The Hall–Kier alpha value is -1.15. The lowest BCUT2D eigenvalue weighted by molar-refractivity contribution is 0.837. The number of aliphatic imine (C=N–C) groups is 1. The zero-order valence-corrected chi connectivity index (χ0v) is 10.0. The van der Waals surface area contributed by atoms with Crippen molar-refractivity contribution in [1.82, 2.24) is 0 Å². The lowest BCUT2D eigenvalue weighted by atomic mass is 10.2. The minimum atomic E-state index is 0.844. The minimum absolute atomic E-state index is 0.844. The predicted octanol–water partition coefficient (Wildman–Crippen LogP) is 4.54. The number of hydrogen-bond donors (Lipinski definition) is 0. The summed E-state index contributed by atoms with van der Waals surface area (Å²) in [5.74, 6) is 0. The zero-order chi connectivity index (χ0) is 11.1. The fourth-order valence-corrected chi connectivity index (χ4v) is 1.88. The molecule has 0 aliphatic heterocycles. The van der Waals surface area contributed by atoms with Crippen LogP contribution >= 0.6 is 11.3 Å². The van der Waals surface area contributed by atoms with Gasteiger partial charge in [0.1, 0.15) is 0 Å². The Kier molecular flexibility index (Phi) is 5.05. The van der Waals surface area contributed by atoms with Crippen molar-refractivity contribution in [3.63, 3.8) is 0 Å². The summed E-state index contributed by atoms with van der Waals surface area (Å²) < 4.78 is 0. The molecule has 0 bridgehead atoms. The molecule has 1 heterocycles. The molecule has 0 aromatic carbocycles. The third-order valence-electron chi connectivity index (χ3n) is 2.11. The molecule has 0 unspecified atom stereocenters. The number of allylic oxidation sites excluding steroid dienone is 1. The van der Waals surface area contributed by atoms with Crippen molar-refractivity contribution < 1.29 is 0 Å². The highest BCUT2D eigenvalue weighted by atomic mass is 32.1. The van der Waals surface area contributed by atoms with Crippen molar-refractivity contribution in [3.05, 3.63) is 41.6 Å². The molecule has 0 fully saturated rings. The molecule has 0 amide bonds. The molecule has 0 saturated carbocycles. The SMILES string of the molecule is C=CC(CCCC)=NC(=C)c1cccs1. The van der Waals surface area contributed by atoms with Crippen LogP contribution in [0.5, 0.6) is 0 Å². The van der Waals surface area contributed by atoms with Crippen LogP contribution in [0.1, 0.15) is 31.1 Å². The highest BCUT2D eigenvalue weighted by Crippen LogP contribution is 2.20. The van der Waals surface area contributed by atoms with Crippen molar-refractivity contribution in [2.24, 2.45) is 4.99 Å². The van der Waals surface area contributed by atoms with Gasteiger partial charge < -0.3 is 0 Å². The van der Waals surface area contributed by atoms with Crippen LogP contribution in [0, 0.1) is 0 Å². The van der Waals surface area contributed by atoms with Crippen LogP contribution in [0.15, 0.2) is 41.7 Å². The molecule has 2 heteroatoms. The Morgan fingerprint density at radius 2 is 2.40 bits per heavy atom. The fourth-order valence-electron chi connectivity index (χ4n) is 1.23. The summed E-state index contributed by atoms with van der Waals surface area (Å²) in [6.45, 7) is 9.92. The molecule has 0 saturated heterocycles. The number of hydrogen-bond acceptors (Lipinski definition) is 2. The first-order valence-corrected chi connectivity index (χ1v) is 6.08. The number of unbranched alkanes of at least 4 members (excludes halogenated alkanes) is 1. The third kappa shape index (κ3) is 3.84. The first kappa shape index (κ1) is 11.9. The van der Waals surface area contributed by atoms with Crippen LogP contribution in [0.3, 0.4) is 0 Å². The predicted molar refractivity (Wildman–Crippen MR) is 70.5 cm³/mol. The molecular weight excluding hydrogens is 202 g/mol. The number of nitrogens with zero attached hydrogens (tertiary/aromatic N) is 1. The second-order valence-corrected chi connectivity index (χ2v) is 4.28. The summed E-state index contributed by atoms with van der Waals surface area (Å²) >= 11 is 1.67. The highest BCUT2D eigenvalue weighted by molar-refractivity contribution is 7.11. The molecule has 0 N–H and O–H groups in total. The fraction of sp³-hybridized carbons (Fsp3) is 0.308. The Morgan fingerprint density at radius 1 is 1.60 bits per heavy atom. The largest absolute Gasteiger partial charge is 0.253 e. The van der Waals surface area contributed by atoms with Gasteiger partial charge in [-0.2, -0.15) is 0 Å². The van der Waals surface area contributed by atoms with E-state index in [0.717, 1.165) is 29.1 Å². The van der Waals surface area contributed by atoms with Gasteiger partial charge in [0.15, 0.2) is 0 Å². The van der Waals surface area contributed by atoms with Crippen LogP contribution in [0.2, 0.25) is 0 Å². The van der Waals surface area contributed by atoms with E-state index in [9.17, 15) is 0 Å². The van der Waals surface area contributed by atoms with Crippen molar-refractivity contribution >= 4 is 22.7 Å². The maximum atomic E-state index is 4.49. The second kappa shape index (κ2) is 6.36. The van der Waals surface area contributed by atoms with Crippen LogP contribution in [0.4, 0.5) is 0 Å². The van der Waals surface area contributed by atoms with Gasteiger partial charge in [-0.1, -0.05) is 32.6 Å². The molecule has 0 aliphatic rings. The summed E-state index contributed by atoms with van der Waals surface area (Å²) in [6.07, 6.45) is 5.15. The summed E-state index contributed by atoms with van der Waals surface area (Å²) in [5, 5.41) is 2.04. The first-order chi connectivity index (χ1) is 7.27. The van der Waals surface area contributed by atoms with Crippen LogP contribution in [0.25, 0.3) is 5.70 Å². The molecule has 0 spiro atoms. The maximum Gasteiger partial charge on any atom is 0.0733 e. The van der Waals surface area contributed by atoms with Gasteiger partial charge in [0.05, 0.1) is 10.6 Å². The number of thiophene rings is 1. The van der Waals surface area contributed by atoms with Crippen molar-refractivity contribution in [2.75, 3.05) is 0 Å². The van der Waals surface area contributed by atoms with Gasteiger partial charge >= 0.3 is 0 Å². The molecular formula is C13H17NS. The number of rotatable bonds is 6. The lowest BCUT2D eigenvalue weighted by Gasteiger charge is -2.01. The van der Waals surface area contributed by atoms with Crippen molar-refractivity contribution in [1.29, 1.82) is 0 Å². The van der Waals surface area contributed by atoms with Crippen LogP contribution in [-0.4, -0.2) is 5.71 Å². The monoisotopic (exact) mass is 219 g/mol. The molecule has 80 valence electrons. The van der Waals surface area contributed by atoms with Crippen molar-refractivity contribution in [3.8, 4) is 0 Å². The van der Waals surface area contributed by atoms with Gasteiger partial charge in [-0.3, -0.25) is 4.99 Å². The summed E-state index contributed by atoms with van der Waals surface area (Å²) in [6, 6.07) is 4.05. The third-order valence-corrected chi connectivity index (χ3v) is 3.03. The molecule has 1 aromatic rings. The maximum absolute atomic E-state index is 4.49. The highest BCUT2D eigenvalue weighted by Gasteiger charge is 1.99. The van der Waals surface area contributed by atoms with E-state index < -0.39 is 0 Å². The second-order valence-electron chi connectivity index (χ2n) is 3.33. The van der Waals surface area contributed by atoms with E-state index in [4.69, 9.17) is 0 Å². The summed E-state index contributed by atoms with van der Waals surface area (Å²) in [4.78, 5) is 5.62. The Morgan fingerprint density at radius 3 is 2.93 bits per heavy atom. The van der Waals surface area contributed by atoms with Gasteiger partial charge in [-0.25, -0.2) is 0 Å². The molecule has 1 nitrogen and oxygen atoms in total. The van der Waals surface area contributed by atoms with Gasteiger partial charge in [0, 0.05) is 5.71 Å². The van der Waals surface area contributed by atoms with Gasteiger partial charge in [0.25, 0.3) is 0 Å². The van der Waals surface area contributed by atoms with E-state index in [-0.39, 0.29) is 0 Å². The Balaban J connectivity index is 2.67. The normalized spacial score (nSPS) is 11.4. The molecule has 1 rings (SSSR count). The summed E-state index contributed by atoms with van der Waals surface area (Å²) in [7, 11) is 0. The van der Waals surface area contributed by atoms with Crippen LogP contribution in [-0.2, 0) is 0 Å². The Bertz CT molecular complexity index is 347. The molecule has 1 aromatic heterocycles. The quantitative estimate of drug-likeness (QED) is 0.623. The average molecular weight is 219 g/mol. The summed E-state index contributed by atoms with van der Waals surface area (Å²) in [5.41, 5.74) is 1.88. The van der Waals surface area contributed by atoms with E-state index in [1.54, 1.807) is 11.3 Å². The smallest absolute Gasteiger partial charge is 0.0733 e. The Labute approximate surface area is 95.9 Å². The lowest BCUT2D eigenvalue weighted by Crippen LogP contribution is -1.93. The van der Waals surface area contributed by atoms with E-state index in [1.807, 2.05) is 23.6 Å². The van der Waals surface area contributed by atoms with E-state index in [0.29, 0.717) is 0 Å². The standard InChI is InChI=1S/C13H17NS/c1-4-6-8-12(5-2)14-11(3)13-9-7-10-15-13/h5,7,9-10H,2-4,6,8H2,1H3. The molecule has 0 aliphatic carbocycles. The van der Waals surface area contributed by atoms with Crippen molar-refractivity contribution in [2.45, 2.75) is 26.2 Å². The van der Waals surface area contributed by atoms with E-state index >= 15 is 0 Å². The topological polar surface area (TPSA) is 12.4 Å². The zero-order valence-electron chi connectivity index (χ0n) is 9.20. The van der Waals surface area contributed by atoms with E-state index in [1.165, 1.54) is 6.42 Å². The van der Waals surface area contributed by atoms with Crippen LogP contribution < -0.4 is 0 Å². The van der Waals surface area contributed by atoms with E-state index in [2.05, 4.69) is 25.1 Å². The minimum Gasteiger partial charge on any atom is -0.253 e.